The highest BCUT2D eigenvalue weighted by Gasteiger charge is 2.18. The summed E-state index contributed by atoms with van der Waals surface area (Å²) in [7, 11) is 0. The Hall–Kier alpha value is -1.78. The van der Waals surface area contributed by atoms with E-state index in [1.54, 1.807) is 6.07 Å². The van der Waals surface area contributed by atoms with Gasteiger partial charge in [0.2, 0.25) is 0 Å². The van der Waals surface area contributed by atoms with E-state index in [9.17, 15) is 9.18 Å². The van der Waals surface area contributed by atoms with E-state index >= 15 is 0 Å². The summed E-state index contributed by atoms with van der Waals surface area (Å²) in [5.41, 5.74) is 3.03. The van der Waals surface area contributed by atoms with Gasteiger partial charge in [0.1, 0.15) is 5.82 Å². The molecular weight excluding hydrogens is 338 g/mol. The molecule has 1 aliphatic heterocycles. The van der Waals surface area contributed by atoms with Crippen LogP contribution in [0, 0.1) is 5.82 Å². The molecule has 2 N–H and O–H groups in total. The topological polar surface area (TPSA) is 41.1 Å². The summed E-state index contributed by atoms with van der Waals surface area (Å²) in [6.45, 7) is 4.91. The van der Waals surface area contributed by atoms with Crippen LogP contribution in [0.2, 0.25) is 10.0 Å². The molecular formula is C17H17Cl2FN2O. The van der Waals surface area contributed by atoms with E-state index in [4.69, 9.17) is 23.2 Å². The first-order valence-corrected chi connectivity index (χ1v) is 8.08. The number of carbonyl (C=O) groups is 1. The van der Waals surface area contributed by atoms with Gasteiger partial charge in [-0.05, 0) is 29.8 Å². The molecule has 0 saturated carbocycles. The van der Waals surface area contributed by atoms with Gasteiger partial charge in [-0.15, -0.1) is 0 Å². The van der Waals surface area contributed by atoms with Crippen LogP contribution < -0.4 is 10.6 Å². The lowest BCUT2D eigenvalue weighted by atomic mass is 10.1. The van der Waals surface area contributed by atoms with E-state index in [1.807, 2.05) is 26.0 Å². The molecule has 2 aromatic carbocycles. The van der Waals surface area contributed by atoms with E-state index in [0.29, 0.717) is 24.2 Å². The standard InChI is InChI=1S/C15H11Cl2FN2O.C2H6/c16-13-3-9(18)4-14(17)12(13)7-19-10-2-1-8-6-20-15(21)11(8)5-10;1-2/h1-5,19H,6-7H2,(H,20,21);1-2H3. The summed E-state index contributed by atoms with van der Waals surface area (Å²) in [6.07, 6.45) is 0. The Bertz CT molecular complexity index is 712. The van der Waals surface area contributed by atoms with Crippen molar-refractivity contribution in [2.24, 2.45) is 0 Å². The molecule has 2 aromatic rings. The van der Waals surface area contributed by atoms with Crippen molar-refractivity contribution >= 4 is 34.8 Å². The zero-order valence-electron chi connectivity index (χ0n) is 12.8. The van der Waals surface area contributed by atoms with Gasteiger partial charge in [-0.25, -0.2) is 4.39 Å². The Balaban J connectivity index is 0.000000924. The van der Waals surface area contributed by atoms with Crippen molar-refractivity contribution < 1.29 is 9.18 Å². The minimum Gasteiger partial charge on any atom is -0.381 e. The van der Waals surface area contributed by atoms with E-state index in [2.05, 4.69) is 10.6 Å². The molecule has 3 rings (SSSR count). The van der Waals surface area contributed by atoms with Crippen molar-refractivity contribution in [1.82, 2.24) is 5.32 Å². The van der Waals surface area contributed by atoms with Gasteiger partial charge in [-0.2, -0.15) is 0 Å². The van der Waals surface area contributed by atoms with Gasteiger partial charge in [0.05, 0.1) is 0 Å². The SMILES string of the molecule is CC.O=C1NCc2ccc(NCc3c(Cl)cc(F)cc3Cl)cc21. The third-order valence-corrected chi connectivity index (χ3v) is 4.04. The van der Waals surface area contributed by atoms with Crippen molar-refractivity contribution in [3.05, 3.63) is 62.9 Å². The second-order valence-corrected chi connectivity index (χ2v) is 5.57. The largest absolute Gasteiger partial charge is 0.381 e. The molecule has 1 heterocycles. The molecule has 0 fully saturated rings. The fraction of sp³-hybridized carbons (Fsp3) is 0.235. The zero-order valence-corrected chi connectivity index (χ0v) is 14.4. The molecule has 23 heavy (non-hydrogen) atoms. The van der Waals surface area contributed by atoms with Crippen molar-refractivity contribution in [2.75, 3.05) is 5.32 Å². The number of benzene rings is 2. The fourth-order valence-corrected chi connectivity index (χ4v) is 2.85. The molecule has 0 radical (unpaired) electrons. The number of amides is 1. The molecule has 0 bridgehead atoms. The van der Waals surface area contributed by atoms with Crippen molar-refractivity contribution in [3.63, 3.8) is 0 Å². The van der Waals surface area contributed by atoms with Crippen LogP contribution in [0.1, 0.15) is 35.3 Å². The maximum atomic E-state index is 13.1. The zero-order chi connectivity index (χ0) is 17.0. The minimum atomic E-state index is -0.469. The lowest BCUT2D eigenvalue weighted by Gasteiger charge is -2.11. The lowest BCUT2D eigenvalue weighted by molar-refractivity contribution is 0.0966. The Kier molecular flexibility index (Phi) is 5.85. The number of carbonyl (C=O) groups excluding carboxylic acids is 1. The summed E-state index contributed by atoms with van der Waals surface area (Å²) in [6, 6.07) is 8.00. The monoisotopic (exact) mass is 354 g/mol. The van der Waals surface area contributed by atoms with E-state index in [0.717, 1.165) is 11.3 Å². The predicted molar refractivity (Wildman–Crippen MR) is 92.7 cm³/mol. The molecule has 1 amide bonds. The first-order chi connectivity index (χ1) is 11.0. The smallest absolute Gasteiger partial charge is 0.251 e. The van der Waals surface area contributed by atoms with E-state index in [-0.39, 0.29) is 16.0 Å². The second kappa shape index (κ2) is 7.66. The number of hydrogen-bond donors (Lipinski definition) is 2. The molecule has 0 aliphatic carbocycles. The maximum Gasteiger partial charge on any atom is 0.251 e. The number of nitrogens with one attached hydrogen (secondary N) is 2. The third-order valence-electron chi connectivity index (χ3n) is 3.37. The average molecular weight is 355 g/mol. The Morgan fingerprint density at radius 1 is 1.17 bits per heavy atom. The van der Waals surface area contributed by atoms with Gasteiger partial charge >= 0.3 is 0 Å². The highest BCUT2D eigenvalue weighted by atomic mass is 35.5. The van der Waals surface area contributed by atoms with Gasteiger partial charge in [0.15, 0.2) is 0 Å². The summed E-state index contributed by atoms with van der Waals surface area (Å²) in [5, 5.41) is 6.44. The summed E-state index contributed by atoms with van der Waals surface area (Å²) < 4.78 is 13.1. The first kappa shape index (κ1) is 17.6. The first-order valence-electron chi connectivity index (χ1n) is 7.33. The van der Waals surface area contributed by atoms with Gasteiger partial charge < -0.3 is 10.6 Å². The lowest BCUT2D eigenvalue weighted by Crippen LogP contribution is -2.12. The molecule has 3 nitrogen and oxygen atoms in total. The van der Waals surface area contributed by atoms with Crippen molar-refractivity contribution in [2.45, 2.75) is 26.9 Å². The van der Waals surface area contributed by atoms with Crippen LogP contribution in [0.4, 0.5) is 10.1 Å². The Morgan fingerprint density at radius 3 is 2.48 bits per heavy atom. The third kappa shape index (κ3) is 3.95. The molecule has 0 atom stereocenters. The summed E-state index contributed by atoms with van der Waals surface area (Å²) >= 11 is 12.0. The van der Waals surface area contributed by atoms with Crippen LogP contribution in [0.15, 0.2) is 30.3 Å². The Morgan fingerprint density at radius 2 is 1.83 bits per heavy atom. The molecule has 6 heteroatoms. The number of rotatable bonds is 3. The predicted octanol–water partition coefficient (Wildman–Crippen LogP) is 5.01. The van der Waals surface area contributed by atoms with Crippen LogP contribution in [-0.2, 0) is 13.1 Å². The molecule has 122 valence electrons. The van der Waals surface area contributed by atoms with E-state index in [1.165, 1.54) is 12.1 Å². The summed E-state index contributed by atoms with van der Waals surface area (Å²) in [4.78, 5) is 11.6. The van der Waals surface area contributed by atoms with Gasteiger partial charge in [-0.1, -0.05) is 43.1 Å². The molecule has 0 unspecified atom stereocenters. The van der Waals surface area contributed by atoms with Gasteiger partial charge in [0, 0.05) is 39.9 Å². The number of fused-ring (bicyclic) bond motifs is 1. The minimum absolute atomic E-state index is 0.0773. The average Bonchev–Trinajstić information content (AvgIpc) is 2.89. The molecule has 1 aliphatic rings. The number of hydrogen-bond acceptors (Lipinski definition) is 2. The quantitative estimate of drug-likeness (QED) is 0.812. The van der Waals surface area contributed by atoms with Crippen LogP contribution in [0.5, 0.6) is 0 Å². The van der Waals surface area contributed by atoms with Gasteiger partial charge in [-0.3, -0.25) is 4.79 Å². The maximum absolute atomic E-state index is 13.1. The highest BCUT2D eigenvalue weighted by Crippen LogP contribution is 2.27. The molecule has 0 spiro atoms. The van der Waals surface area contributed by atoms with Crippen molar-refractivity contribution in [1.29, 1.82) is 0 Å². The number of halogens is 3. The molecule has 0 aromatic heterocycles. The van der Waals surface area contributed by atoms with Crippen molar-refractivity contribution in [3.8, 4) is 0 Å². The Labute approximate surface area is 144 Å². The van der Waals surface area contributed by atoms with Crippen LogP contribution in [-0.4, -0.2) is 5.91 Å². The second-order valence-electron chi connectivity index (χ2n) is 4.76. The van der Waals surface area contributed by atoms with E-state index < -0.39 is 5.82 Å². The van der Waals surface area contributed by atoms with Gasteiger partial charge in [0.25, 0.3) is 5.91 Å². The highest BCUT2D eigenvalue weighted by molar-refractivity contribution is 6.36. The fourth-order valence-electron chi connectivity index (χ4n) is 2.25. The normalized spacial score (nSPS) is 12.1. The number of anilines is 1. The van der Waals surface area contributed by atoms with Crippen LogP contribution >= 0.6 is 23.2 Å². The summed E-state index contributed by atoms with van der Waals surface area (Å²) in [5.74, 6) is -0.547. The van der Waals surface area contributed by atoms with Crippen LogP contribution in [0.3, 0.4) is 0 Å². The van der Waals surface area contributed by atoms with Crippen LogP contribution in [0.25, 0.3) is 0 Å². The molecule has 0 saturated heterocycles.